The average molecular weight is 373 g/mol. The number of nitrogens with zero attached hydrogens (tertiary/aromatic N) is 4. The van der Waals surface area contributed by atoms with E-state index in [1.165, 1.54) is 11.8 Å². The number of rotatable bonds is 6. The number of thioether (sulfide) groups is 1. The number of furan rings is 1. The van der Waals surface area contributed by atoms with Gasteiger partial charge in [-0.3, -0.25) is 0 Å². The van der Waals surface area contributed by atoms with Crippen LogP contribution in [-0.4, -0.2) is 19.7 Å². The van der Waals surface area contributed by atoms with Gasteiger partial charge in [-0.2, -0.15) is 0 Å². The third-order valence-corrected chi connectivity index (χ3v) is 4.71. The van der Waals surface area contributed by atoms with E-state index in [9.17, 15) is 0 Å². The van der Waals surface area contributed by atoms with E-state index in [4.69, 9.17) is 20.4 Å². The first-order valence-corrected chi connectivity index (χ1v) is 8.87. The first-order valence-electron chi connectivity index (χ1n) is 7.51. The third-order valence-electron chi connectivity index (χ3n) is 3.46. The molecule has 4 aromatic rings. The molecule has 0 N–H and O–H groups in total. The lowest BCUT2D eigenvalue weighted by Crippen LogP contribution is -1.99. The molecule has 3 heterocycles. The minimum absolute atomic E-state index is 0.551. The molecule has 3 aromatic heterocycles. The molecule has 0 bridgehead atoms. The molecule has 4 rings (SSSR count). The van der Waals surface area contributed by atoms with Crippen LogP contribution < -0.4 is 0 Å². The number of hydrogen-bond donors (Lipinski definition) is 0. The highest BCUT2D eigenvalue weighted by atomic mass is 35.5. The summed E-state index contributed by atoms with van der Waals surface area (Å²) in [7, 11) is 0. The lowest BCUT2D eigenvalue weighted by Gasteiger charge is -2.02. The molecular formula is C17H13ClN4O2S. The van der Waals surface area contributed by atoms with Gasteiger partial charge in [-0.05, 0) is 30.3 Å². The molecule has 25 heavy (non-hydrogen) atoms. The Hall–Kier alpha value is -2.51. The van der Waals surface area contributed by atoms with Gasteiger partial charge in [0, 0.05) is 16.3 Å². The number of halogens is 1. The Labute approximate surface area is 152 Å². The normalized spacial score (nSPS) is 11.1. The molecule has 0 saturated heterocycles. The van der Waals surface area contributed by atoms with Crippen molar-refractivity contribution >= 4 is 23.4 Å². The second-order valence-corrected chi connectivity index (χ2v) is 6.64. The highest BCUT2D eigenvalue weighted by molar-refractivity contribution is 7.98. The van der Waals surface area contributed by atoms with Crippen LogP contribution in [0.5, 0.6) is 0 Å². The Morgan fingerprint density at radius 2 is 2.12 bits per heavy atom. The molecule has 0 aliphatic carbocycles. The fourth-order valence-electron chi connectivity index (χ4n) is 2.30. The first kappa shape index (κ1) is 16.0. The molecule has 0 spiro atoms. The molecule has 0 radical (unpaired) electrons. The minimum atomic E-state index is 0.551. The third kappa shape index (κ3) is 3.78. The van der Waals surface area contributed by atoms with Crippen molar-refractivity contribution in [2.24, 2.45) is 0 Å². The lowest BCUT2D eigenvalue weighted by molar-refractivity contribution is 0.484. The summed E-state index contributed by atoms with van der Waals surface area (Å²) in [5.41, 5.74) is 1.68. The molecule has 8 heteroatoms. The number of hydrogen-bond acceptors (Lipinski definition) is 6. The van der Waals surface area contributed by atoms with Crippen LogP contribution in [0.15, 0.2) is 69.2 Å². The van der Waals surface area contributed by atoms with Gasteiger partial charge in [0.1, 0.15) is 18.4 Å². The van der Waals surface area contributed by atoms with E-state index in [0.29, 0.717) is 23.2 Å². The van der Waals surface area contributed by atoms with Crippen LogP contribution in [0.1, 0.15) is 11.5 Å². The second kappa shape index (κ2) is 7.16. The van der Waals surface area contributed by atoms with Gasteiger partial charge in [0.2, 0.25) is 5.89 Å². The van der Waals surface area contributed by atoms with Gasteiger partial charge in [0.05, 0.1) is 18.5 Å². The van der Waals surface area contributed by atoms with E-state index in [1.807, 2.05) is 41.0 Å². The molecule has 0 atom stereocenters. The lowest BCUT2D eigenvalue weighted by atomic mass is 10.2. The maximum absolute atomic E-state index is 6.01. The van der Waals surface area contributed by atoms with Crippen molar-refractivity contribution in [3.05, 3.63) is 71.7 Å². The molecule has 0 fully saturated rings. The highest BCUT2D eigenvalue weighted by Crippen LogP contribution is 2.25. The Morgan fingerprint density at radius 1 is 1.16 bits per heavy atom. The predicted molar refractivity (Wildman–Crippen MR) is 94.3 cm³/mol. The van der Waals surface area contributed by atoms with Crippen molar-refractivity contribution in [2.45, 2.75) is 17.5 Å². The number of aromatic nitrogens is 4. The Balaban J connectivity index is 1.43. The minimum Gasteiger partial charge on any atom is -0.467 e. The van der Waals surface area contributed by atoms with Gasteiger partial charge in [0.25, 0.3) is 0 Å². The van der Waals surface area contributed by atoms with Gasteiger partial charge in [0.15, 0.2) is 5.16 Å². The SMILES string of the molecule is Clc1cccc(-c2nc(CSc3nncn3Cc3ccco3)co2)c1. The summed E-state index contributed by atoms with van der Waals surface area (Å²) in [6.07, 6.45) is 4.99. The predicted octanol–water partition coefficient (Wildman–Crippen LogP) is 4.52. The van der Waals surface area contributed by atoms with Gasteiger partial charge >= 0.3 is 0 Å². The summed E-state index contributed by atoms with van der Waals surface area (Å²) in [5.74, 6) is 2.03. The molecule has 0 aliphatic rings. The standard InChI is InChI=1S/C17H13ClN4O2S/c18-13-4-1-3-12(7-13)16-20-14(9-24-16)10-25-17-21-19-11-22(17)8-15-5-2-6-23-15/h1-7,9,11H,8,10H2. The van der Waals surface area contributed by atoms with Crippen LogP contribution in [0, 0.1) is 0 Å². The summed E-state index contributed by atoms with van der Waals surface area (Å²) in [6.45, 7) is 0.592. The Bertz CT molecular complexity index is 965. The van der Waals surface area contributed by atoms with E-state index in [0.717, 1.165) is 22.2 Å². The largest absolute Gasteiger partial charge is 0.467 e. The van der Waals surface area contributed by atoms with E-state index in [-0.39, 0.29) is 0 Å². The first-order chi connectivity index (χ1) is 12.3. The van der Waals surface area contributed by atoms with Crippen LogP contribution in [-0.2, 0) is 12.3 Å². The average Bonchev–Trinajstić information content (AvgIpc) is 3.36. The van der Waals surface area contributed by atoms with E-state index < -0.39 is 0 Å². The summed E-state index contributed by atoms with van der Waals surface area (Å²) in [4.78, 5) is 4.50. The van der Waals surface area contributed by atoms with E-state index >= 15 is 0 Å². The maximum Gasteiger partial charge on any atom is 0.226 e. The number of benzene rings is 1. The fraction of sp³-hybridized carbons (Fsp3) is 0.118. The van der Waals surface area contributed by atoms with Crippen LogP contribution in [0.4, 0.5) is 0 Å². The molecule has 0 saturated carbocycles. The Kier molecular flexibility index (Phi) is 4.58. The molecule has 0 unspecified atom stereocenters. The summed E-state index contributed by atoms with van der Waals surface area (Å²) in [6, 6.07) is 11.2. The molecule has 126 valence electrons. The van der Waals surface area contributed by atoms with Crippen molar-refractivity contribution in [1.82, 2.24) is 19.7 Å². The topological polar surface area (TPSA) is 69.9 Å². The van der Waals surface area contributed by atoms with Crippen molar-refractivity contribution in [1.29, 1.82) is 0 Å². The zero-order valence-electron chi connectivity index (χ0n) is 13.0. The zero-order valence-corrected chi connectivity index (χ0v) is 14.6. The van der Waals surface area contributed by atoms with Gasteiger partial charge in [-0.25, -0.2) is 4.98 Å². The highest BCUT2D eigenvalue weighted by Gasteiger charge is 2.11. The van der Waals surface area contributed by atoms with Crippen LogP contribution in [0.2, 0.25) is 5.02 Å². The monoisotopic (exact) mass is 372 g/mol. The van der Waals surface area contributed by atoms with Crippen molar-refractivity contribution in [3.63, 3.8) is 0 Å². The fourth-order valence-corrected chi connectivity index (χ4v) is 3.28. The van der Waals surface area contributed by atoms with Crippen molar-refractivity contribution < 1.29 is 8.83 Å². The molecular weight excluding hydrogens is 360 g/mol. The molecule has 6 nitrogen and oxygen atoms in total. The molecule has 0 aliphatic heterocycles. The zero-order chi connectivity index (χ0) is 17.1. The Morgan fingerprint density at radius 3 is 2.96 bits per heavy atom. The van der Waals surface area contributed by atoms with Crippen molar-refractivity contribution in [3.8, 4) is 11.5 Å². The van der Waals surface area contributed by atoms with Gasteiger partial charge in [-0.1, -0.05) is 29.4 Å². The van der Waals surface area contributed by atoms with E-state index in [1.54, 1.807) is 18.9 Å². The quantitative estimate of drug-likeness (QED) is 0.463. The van der Waals surface area contributed by atoms with Gasteiger partial charge in [-0.15, -0.1) is 10.2 Å². The van der Waals surface area contributed by atoms with Crippen LogP contribution >= 0.6 is 23.4 Å². The smallest absolute Gasteiger partial charge is 0.226 e. The van der Waals surface area contributed by atoms with Crippen LogP contribution in [0.3, 0.4) is 0 Å². The molecule has 0 amide bonds. The second-order valence-electron chi connectivity index (χ2n) is 5.26. The summed E-state index contributed by atoms with van der Waals surface area (Å²) < 4.78 is 12.8. The van der Waals surface area contributed by atoms with E-state index in [2.05, 4.69) is 15.2 Å². The number of oxazole rings is 1. The van der Waals surface area contributed by atoms with Gasteiger partial charge < -0.3 is 13.4 Å². The summed E-state index contributed by atoms with van der Waals surface area (Å²) >= 11 is 7.55. The summed E-state index contributed by atoms with van der Waals surface area (Å²) in [5, 5.41) is 9.56. The maximum atomic E-state index is 6.01. The van der Waals surface area contributed by atoms with Crippen LogP contribution in [0.25, 0.3) is 11.5 Å². The molecule has 1 aromatic carbocycles. The van der Waals surface area contributed by atoms with Crippen molar-refractivity contribution in [2.75, 3.05) is 0 Å².